The SMILES string of the molecule is Cc1nc(-n2cccc(O)c2=O)sc1C(=O)CCc1ccccc1. The third kappa shape index (κ3) is 3.28. The van der Waals surface area contributed by atoms with Gasteiger partial charge in [-0.05, 0) is 31.0 Å². The average molecular weight is 340 g/mol. The average Bonchev–Trinajstić information content (AvgIpc) is 2.98. The van der Waals surface area contributed by atoms with Gasteiger partial charge in [-0.3, -0.25) is 14.2 Å². The number of ketones is 1. The van der Waals surface area contributed by atoms with Crippen molar-refractivity contribution in [2.45, 2.75) is 19.8 Å². The second-order valence-corrected chi connectivity index (χ2v) is 6.37. The molecule has 3 rings (SSSR count). The van der Waals surface area contributed by atoms with E-state index in [2.05, 4.69) is 4.98 Å². The maximum atomic E-state index is 12.5. The zero-order valence-corrected chi connectivity index (χ0v) is 13.9. The van der Waals surface area contributed by atoms with Crippen LogP contribution in [-0.2, 0) is 6.42 Å². The molecule has 2 aromatic heterocycles. The summed E-state index contributed by atoms with van der Waals surface area (Å²) in [6.07, 6.45) is 2.58. The van der Waals surface area contributed by atoms with E-state index in [1.807, 2.05) is 30.3 Å². The number of carbonyl (C=O) groups is 1. The van der Waals surface area contributed by atoms with Crippen LogP contribution < -0.4 is 5.56 Å². The molecule has 5 nitrogen and oxygen atoms in total. The molecule has 0 unspecified atom stereocenters. The molecule has 0 saturated carbocycles. The number of hydrogen-bond donors (Lipinski definition) is 1. The summed E-state index contributed by atoms with van der Waals surface area (Å²) >= 11 is 1.17. The number of pyridine rings is 1. The van der Waals surface area contributed by atoms with Crippen LogP contribution in [0.15, 0.2) is 53.5 Å². The van der Waals surface area contributed by atoms with Gasteiger partial charge in [-0.25, -0.2) is 4.98 Å². The molecule has 0 radical (unpaired) electrons. The van der Waals surface area contributed by atoms with E-state index in [1.54, 1.807) is 13.0 Å². The van der Waals surface area contributed by atoms with E-state index in [-0.39, 0.29) is 11.5 Å². The molecule has 1 N–H and O–H groups in total. The van der Waals surface area contributed by atoms with Crippen molar-refractivity contribution in [3.63, 3.8) is 0 Å². The molecular formula is C18H16N2O3S. The summed E-state index contributed by atoms with van der Waals surface area (Å²) in [5.74, 6) is -0.337. The second-order valence-electron chi connectivity index (χ2n) is 5.39. The maximum absolute atomic E-state index is 12.5. The number of thiazole rings is 1. The van der Waals surface area contributed by atoms with Crippen molar-refractivity contribution in [3.05, 3.63) is 75.1 Å². The van der Waals surface area contributed by atoms with E-state index in [4.69, 9.17) is 0 Å². The van der Waals surface area contributed by atoms with Gasteiger partial charge in [0.1, 0.15) is 0 Å². The maximum Gasteiger partial charge on any atom is 0.298 e. The summed E-state index contributed by atoms with van der Waals surface area (Å²) in [6.45, 7) is 1.75. The molecule has 0 bridgehead atoms. The number of rotatable bonds is 5. The van der Waals surface area contributed by atoms with Gasteiger partial charge in [0.2, 0.25) is 0 Å². The minimum absolute atomic E-state index is 0.00769. The molecular weight excluding hydrogens is 324 g/mol. The number of Topliss-reactive ketones (excluding diaryl/α,β-unsaturated/α-hetero) is 1. The molecule has 24 heavy (non-hydrogen) atoms. The van der Waals surface area contributed by atoms with Gasteiger partial charge in [-0.15, -0.1) is 0 Å². The smallest absolute Gasteiger partial charge is 0.298 e. The molecule has 0 fully saturated rings. The number of hydrogen-bond acceptors (Lipinski definition) is 5. The molecule has 122 valence electrons. The zero-order valence-electron chi connectivity index (χ0n) is 13.1. The monoisotopic (exact) mass is 340 g/mol. The van der Waals surface area contributed by atoms with Gasteiger partial charge in [-0.2, -0.15) is 0 Å². The molecule has 0 saturated heterocycles. The Morgan fingerprint density at radius 2 is 1.96 bits per heavy atom. The summed E-state index contributed by atoms with van der Waals surface area (Å²) in [4.78, 5) is 29.3. The highest BCUT2D eigenvalue weighted by Gasteiger charge is 2.17. The quantitative estimate of drug-likeness (QED) is 0.724. The van der Waals surface area contributed by atoms with Crippen molar-refractivity contribution in [1.82, 2.24) is 9.55 Å². The van der Waals surface area contributed by atoms with Crippen molar-refractivity contribution in [2.75, 3.05) is 0 Å². The Hall–Kier alpha value is -2.73. The number of aryl methyl sites for hydroxylation is 2. The van der Waals surface area contributed by atoms with Crippen LogP contribution in [0.2, 0.25) is 0 Å². The van der Waals surface area contributed by atoms with Crippen molar-refractivity contribution < 1.29 is 9.90 Å². The molecule has 0 spiro atoms. The fraction of sp³-hybridized carbons (Fsp3) is 0.167. The predicted octanol–water partition coefficient (Wildman–Crippen LogP) is 3.12. The largest absolute Gasteiger partial charge is 0.503 e. The summed E-state index contributed by atoms with van der Waals surface area (Å²) in [6, 6.07) is 12.7. The Morgan fingerprint density at radius 3 is 2.71 bits per heavy atom. The van der Waals surface area contributed by atoms with E-state index in [0.717, 1.165) is 5.56 Å². The van der Waals surface area contributed by atoms with Crippen molar-refractivity contribution >= 4 is 17.1 Å². The van der Waals surface area contributed by atoms with Crippen LogP contribution in [0.4, 0.5) is 0 Å². The number of benzene rings is 1. The van der Waals surface area contributed by atoms with Crippen LogP contribution >= 0.6 is 11.3 Å². The Bertz CT molecular complexity index is 929. The highest BCUT2D eigenvalue weighted by molar-refractivity contribution is 7.16. The van der Waals surface area contributed by atoms with Gasteiger partial charge in [0.25, 0.3) is 5.56 Å². The Morgan fingerprint density at radius 1 is 1.21 bits per heavy atom. The van der Waals surface area contributed by atoms with Crippen LogP contribution in [0.5, 0.6) is 5.75 Å². The van der Waals surface area contributed by atoms with E-state index in [1.165, 1.54) is 28.2 Å². The number of aromatic nitrogens is 2. The number of aromatic hydroxyl groups is 1. The molecule has 0 atom stereocenters. The van der Waals surface area contributed by atoms with Crippen LogP contribution in [0.3, 0.4) is 0 Å². The van der Waals surface area contributed by atoms with Crippen LogP contribution in [0.25, 0.3) is 5.13 Å². The summed E-state index contributed by atoms with van der Waals surface area (Å²) in [7, 11) is 0. The molecule has 6 heteroatoms. The normalized spacial score (nSPS) is 10.7. The standard InChI is InChI=1S/C18H16N2O3S/c1-12-16(14(21)10-9-13-6-3-2-4-7-13)24-18(19-12)20-11-5-8-15(22)17(20)23/h2-8,11,22H,9-10H2,1H3. The zero-order chi connectivity index (χ0) is 17.1. The predicted molar refractivity (Wildman–Crippen MR) is 93.2 cm³/mol. The fourth-order valence-corrected chi connectivity index (χ4v) is 3.41. The van der Waals surface area contributed by atoms with Gasteiger partial charge in [0.15, 0.2) is 16.7 Å². The minimum atomic E-state index is -0.547. The van der Waals surface area contributed by atoms with E-state index in [0.29, 0.717) is 28.5 Å². The third-order valence-electron chi connectivity index (χ3n) is 3.66. The van der Waals surface area contributed by atoms with Crippen LogP contribution in [0.1, 0.15) is 27.3 Å². The van der Waals surface area contributed by atoms with Gasteiger partial charge >= 0.3 is 0 Å². The lowest BCUT2D eigenvalue weighted by atomic mass is 10.1. The molecule has 2 heterocycles. The lowest BCUT2D eigenvalue weighted by Crippen LogP contribution is -2.16. The number of carbonyl (C=O) groups excluding carboxylic acids is 1. The summed E-state index contributed by atoms with van der Waals surface area (Å²) in [5.41, 5.74) is 1.16. The summed E-state index contributed by atoms with van der Waals surface area (Å²) < 4.78 is 1.25. The van der Waals surface area contributed by atoms with E-state index < -0.39 is 5.56 Å². The molecule has 1 aromatic carbocycles. The Balaban J connectivity index is 1.82. The third-order valence-corrected chi connectivity index (χ3v) is 4.85. The number of nitrogens with zero attached hydrogens (tertiary/aromatic N) is 2. The molecule has 0 aliphatic rings. The van der Waals surface area contributed by atoms with Gasteiger partial charge in [0.05, 0.1) is 10.6 Å². The molecule has 0 aliphatic carbocycles. The van der Waals surface area contributed by atoms with Crippen molar-refractivity contribution in [2.24, 2.45) is 0 Å². The fourth-order valence-electron chi connectivity index (χ4n) is 2.39. The Kier molecular flexibility index (Phi) is 4.57. The van der Waals surface area contributed by atoms with E-state index >= 15 is 0 Å². The van der Waals surface area contributed by atoms with Gasteiger partial charge < -0.3 is 5.11 Å². The lowest BCUT2D eigenvalue weighted by molar-refractivity contribution is 0.0986. The summed E-state index contributed by atoms with van der Waals surface area (Å²) in [5, 5.41) is 9.92. The lowest BCUT2D eigenvalue weighted by Gasteiger charge is -2.00. The first-order valence-electron chi connectivity index (χ1n) is 7.52. The first-order chi connectivity index (χ1) is 11.6. The minimum Gasteiger partial charge on any atom is -0.503 e. The van der Waals surface area contributed by atoms with E-state index in [9.17, 15) is 14.7 Å². The van der Waals surface area contributed by atoms with Crippen molar-refractivity contribution in [1.29, 1.82) is 0 Å². The van der Waals surface area contributed by atoms with Gasteiger partial charge in [0, 0.05) is 12.6 Å². The highest BCUT2D eigenvalue weighted by Crippen LogP contribution is 2.23. The van der Waals surface area contributed by atoms with Crippen LogP contribution in [0, 0.1) is 6.92 Å². The van der Waals surface area contributed by atoms with Crippen molar-refractivity contribution in [3.8, 4) is 10.9 Å². The Labute approximate surface area is 142 Å². The molecule has 0 aliphatic heterocycles. The molecule has 0 amide bonds. The second kappa shape index (κ2) is 6.80. The van der Waals surface area contributed by atoms with Gasteiger partial charge in [-0.1, -0.05) is 41.7 Å². The highest BCUT2D eigenvalue weighted by atomic mass is 32.1. The first-order valence-corrected chi connectivity index (χ1v) is 8.33. The first kappa shape index (κ1) is 16.1. The topological polar surface area (TPSA) is 72.2 Å². The molecule has 3 aromatic rings. The van der Waals surface area contributed by atoms with Crippen LogP contribution in [-0.4, -0.2) is 20.4 Å².